The zero-order valence-electron chi connectivity index (χ0n) is 19.6. The first-order valence-electron chi connectivity index (χ1n) is 11.1. The molecule has 1 fully saturated rings. The summed E-state index contributed by atoms with van der Waals surface area (Å²) in [6, 6.07) is 11.3. The molecule has 1 aliphatic heterocycles. The van der Waals surface area contributed by atoms with Crippen LogP contribution in [0.4, 0.5) is 5.69 Å². The first kappa shape index (κ1) is 24.8. The van der Waals surface area contributed by atoms with E-state index in [4.69, 9.17) is 4.74 Å². The van der Waals surface area contributed by atoms with Crippen LogP contribution in [0.3, 0.4) is 0 Å². The number of aryl methyl sites for hydroxylation is 1. The van der Waals surface area contributed by atoms with Crippen LogP contribution in [-0.2, 0) is 26.6 Å². The van der Waals surface area contributed by atoms with E-state index < -0.39 is 22.1 Å². The van der Waals surface area contributed by atoms with Gasteiger partial charge >= 0.3 is 5.97 Å². The molecule has 10 heteroatoms. The Balaban J connectivity index is 1.62. The van der Waals surface area contributed by atoms with Gasteiger partial charge in [0.25, 0.3) is 5.91 Å². The zero-order chi connectivity index (χ0) is 24.2. The molecule has 1 aromatic carbocycles. The molecule has 1 atom stereocenters. The number of ether oxygens (including phenoxy) is 1. The molecule has 2 heterocycles. The van der Waals surface area contributed by atoms with Crippen molar-refractivity contribution in [2.45, 2.75) is 31.8 Å². The predicted octanol–water partition coefficient (Wildman–Crippen LogP) is 1.95. The summed E-state index contributed by atoms with van der Waals surface area (Å²) < 4.78 is 33.6. The number of sulfonamides is 1. The average Bonchev–Trinajstić information content (AvgIpc) is 3.22. The van der Waals surface area contributed by atoms with Gasteiger partial charge in [-0.1, -0.05) is 32.0 Å². The van der Waals surface area contributed by atoms with E-state index in [1.165, 1.54) is 21.1 Å². The summed E-state index contributed by atoms with van der Waals surface area (Å²) >= 11 is 0. The van der Waals surface area contributed by atoms with E-state index in [9.17, 15) is 18.0 Å². The van der Waals surface area contributed by atoms with Gasteiger partial charge in [0.05, 0.1) is 0 Å². The molecule has 1 aromatic heterocycles. The highest BCUT2D eigenvalue weighted by Gasteiger charge is 2.30. The van der Waals surface area contributed by atoms with Crippen LogP contribution in [0.5, 0.6) is 0 Å². The fraction of sp³-hybridized carbons (Fsp3) is 0.478. The lowest BCUT2D eigenvalue weighted by atomic mass is 10.2. The summed E-state index contributed by atoms with van der Waals surface area (Å²) in [6.07, 6.45) is 0.415. The molecule has 3 rings (SSSR count). The topological polar surface area (TPSA) is 92.2 Å². The van der Waals surface area contributed by atoms with Crippen molar-refractivity contribution in [3.05, 3.63) is 48.3 Å². The average molecular weight is 477 g/mol. The Morgan fingerprint density at radius 3 is 2.24 bits per heavy atom. The third kappa shape index (κ3) is 5.39. The van der Waals surface area contributed by atoms with Gasteiger partial charge in [0.1, 0.15) is 10.6 Å². The first-order chi connectivity index (χ1) is 15.7. The Morgan fingerprint density at radius 1 is 1.06 bits per heavy atom. The number of benzene rings is 1. The molecule has 0 bridgehead atoms. The molecule has 33 heavy (non-hydrogen) atoms. The Bertz CT molecular complexity index is 1070. The van der Waals surface area contributed by atoms with Gasteiger partial charge in [-0.25, -0.2) is 13.2 Å². The number of hydrogen-bond acceptors (Lipinski definition) is 6. The maximum absolute atomic E-state index is 12.8. The zero-order valence-corrected chi connectivity index (χ0v) is 20.4. The molecule has 0 aliphatic carbocycles. The van der Waals surface area contributed by atoms with Crippen molar-refractivity contribution in [2.24, 2.45) is 7.05 Å². The number of rotatable bonds is 8. The lowest BCUT2D eigenvalue weighted by Crippen LogP contribution is -2.51. The van der Waals surface area contributed by atoms with Crippen LogP contribution in [0.15, 0.2) is 47.5 Å². The minimum Gasteiger partial charge on any atom is -0.448 e. The summed E-state index contributed by atoms with van der Waals surface area (Å²) in [5.41, 5.74) is 1.19. The number of para-hydroxylation sites is 1. The van der Waals surface area contributed by atoms with Crippen molar-refractivity contribution in [3.8, 4) is 0 Å². The second kappa shape index (κ2) is 10.4. The van der Waals surface area contributed by atoms with Crippen LogP contribution in [0.1, 0.15) is 31.3 Å². The van der Waals surface area contributed by atoms with Crippen molar-refractivity contribution in [1.29, 1.82) is 0 Å². The van der Waals surface area contributed by atoms with Crippen molar-refractivity contribution >= 4 is 27.6 Å². The highest BCUT2D eigenvalue weighted by Crippen LogP contribution is 2.20. The number of esters is 1. The highest BCUT2D eigenvalue weighted by molar-refractivity contribution is 7.89. The summed E-state index contributed by atoms with van der Waals surface area (Å²) in [4.78, 5) is 29.5. The van der Waals surface area contributed by atoms with Crippen LogP contribution < -0.4 is 4.90 Å². The Kier molecular flexibility index (Phi) is 7.80. The van der Waals surface area contributed by atoms with Crippen molar-refractivity contribution in [1.82, 2.24) is 13.8 Å². The summed E-state index contributed by atoms with van der Waals surface area (Å²) in [5, 5.41) is 0. The smallest absolute Gasteiger partial charge is 0.355 e. The fourth-order valence-corrected chi connectivity index (χ4v) is 5.47. The normalized spacial score (nSPS) is 15.5. The van der Waals surface area contributed by atoms with Gasteiger partial charge in [-0.05, 0) is 25.1 Å². The third-order valence-electron chi connectivity index (χ3n) is 5.88. The Morgan fingerprint density at radius 2 is 1.67 bits per heavy atom. The second-order valence-corrected chi connectivity index (χ2v) is 9.89. The van der Waals surface area contributed by atoms with Gasteiger partial charge in [-0.15, -0.1) is 0 Å². The number of nitrogens with zero attached hydrogens (tertiary/aromatic N) is 4. The lowest BCUT2D eigenvalue weighted by molar-refractivity contribution is -0.140. The monoisotopic (exact) mass is 476 g/mol. The molecule has 1 amide bonds. The number of carbonyl (C=O) groups is 2. The van der Waals surface area contributed by atoms with Gasteiger partial charge in [0.2, 0.25) is 10.0 Å². The minimum atomic E-state index is -3.70. The predicted molar refractivity (Wildman–Crippen MR) is 126 cm³/mol. The maximum Gasteiger partial charge on any atom is 0.355 e. The van der Waals surface area contributed by atoms with E-state index in [0.29, 0.717) is 39.3 Å². The fourth-order valence-electron chi connectivity index (χ4n) is 3.94. The molecule has 1 unspecified atom stereocenters. The molecule has 2 aromatic rings. The number of amides is 1. The van der Waals surface area contributed by atoms with E-state index in [2.05, 4.69) is 4.90 Å². The SMILES string of the molecule is CCN(CC)S(=O)(=O)c1cc(C(=O)OC(C)C(=O)N2CCN(c3ccccc3)CC2)n(C)c1. The Hall–Kier alpha value is -2.85. The molecule has 0 spiro atoms. The van der Waals surface area contributed by atoms with E-state index in [-0.39, 0.29) is 16.5 Å². The largest absolute Gasteiger partial charge is 0.448 e. The summed E-state index contributed by atoms with van der Waals surface area (Å²) in [5.74, 6) is -0.997. The number of hydrogen-bond donors (Lipinski definition) is 0. The molecule has 1 aliphatic rings. The van der Waals surface area contributed by atoms with Crippen molar-refractivity contribution in [2.75, 3.05) is 44.2 Å². The first-order valence-corrected chi connectivity index (χ1v) is 12.6. The van der Waals surface area contributed by atoms with E-state index in [0.717, 1.165) is 5.69 Å². The van der Waals surface area contributed by atoms with Gasteiger partial charge in [-0.2, -0.15) is 4.31 Å². The van der Waals surface area contributed by atoms with E-state index in [1.54, 1.807) is 32.7 Å². The quantitative estimate of drug-likeness (QED) is 0.541. The molecule has 9 nitrogen and oxygen atoms in total. The lowest BCUT2D eigenvalue weighted by Gasteiger charge is -2.37. The molecule has 1 saturated heterocycles. The van der Waals surface area contributed by atoms with Gasteiger partial charge < -0.3 is 19.1 Å². The third-order valence-corrected chi connectivity index (χ3v) is 7.89. The number of carbonyl (C=O) groups excluding carboxylic acids is 2. The standard InChI is InChI=1S/C23H32N4O5S/c1-5-27(6-2)33(30,31)20-16-21(24(4)17-20)23(29)32-18(3)22(28)26-14-12-25(13-15-26)19-10-8-7-9-11-19/h7-11,16-18H,5-6,12-15H2,1-4H3. The van der Waals surface area contributed by atoms with Crippen LogP contribution in [0.2, 0.25) is 0 Å². The van der Waals surface area contributed by atoms with Crippen LogP contribution in [-0.4, -0.2) is 79.4 Å². The van der Waals surface area contributed by atoms with E-state index in [1.807, 2.05) is 30.3 Å². The van der Waals surface area contributed by atoms with Crippen LogP contribution in [0.25, 0.3) is 0 Å². The molecule has 180 valence electrons. The number of anilines is 1. The van der Waals surface area contributed by atoms with Gasteiger partial charge in [0, 0.05) is 58.2 Å². The van der Waals surface area contributed by atoms with Crippen LogP contribution in [0, 0.1) is 0 Å². The summed E-state index contributed by atoms with van der Waals surface area (Å²) in [6.45, 7) is 8.17. The molecule has 0 radical (unpaired) electrons. The van der Waals surface area contributed by atoms with Crippen molar-refractivity contribution < 1.29 is 22.7 Å². The molecular weight excluding hydrogens is 444 g/mol. The molecular formula is C23H32N4O5S. The highest BCUT2D eigenvalue weighted by atomic mass is 32.2. The molecule has 0 saturated carbocycles. The summed E-state index contributed by atoms with van der Waals surface area (Å²) in [7, 11) is -2.13. The van der Waals surface area contributed by atoms with Crippen LogP contribution >= 0.6 is 0 Å². The second-order valence-electron chi connectivity index (χ2n) is 7.96. The molecule has 0 N–H and O–H groups in total. The number of piperazine rings is 1. The Labute approximate surface area is 195 Å². The van der Waals surface area contributed by atoms with Gasteiger partial charge in [-0.3, -0.25) is 4.79 Å². The minimum absolute atomic E-state index is 0.0247. The van der Waals surface area contributed by atoms with Crippen molar-refractivity contribution in [3.63, 3.8) is 0 Å². The van der Waals surface area contributed by atoms with Gasteiger partial charge in [0.15, 0.2) is 6.10 Å². The number of aromatic nitrogens is 1. The maximum atomic E-state index is 12.8. The van der Waals surface area contributed by atoms with E-state index >= 15 is 0 Å².